The number of carbonyl (C=O) groups is 2. The molecule has 1 N–H and O–H groups in total. The monoisotopic (exact) mass is 391 g/mol. The van der Waals surface area contributed by atoms with E-state index in [0.717, 1.165) is 39.5 Å². The Morgan fingerprint density at radius 2 is 1.69 bits per heavy atom. The van der Waals surface area contributed by atoms with Gasteiger partial charge in [0.15, 0.2) is 5.78 Å². The molecule has 5 nitrogen and oxygen atoms in total. The molecule has 0 unspecified atom stereocenters. The standard InChI is InChI=1S/C24H25NO4/c1-14-4-6-15(7-5-14)19-13-23(27)25-20-10-16(11-21(26)24(19)20)18-12-17(28-2)8-9-22(18)29-3/h4-9,12,16,19H,10-11,13H2,1-3H3,(H,25,27)/t16-,19-/m1/s1. The third-order valence-corrected chi connectivity index (χ3v) is 5.89. The van der Waals surface area contributed by atoms with Crippen molar-refractivity contribution in [2.24, 2.45) is 0 Å². The molecule has 1 heterocycles. The van der Waals surface area contributed by atoms with Crippen LogP contribution in [0.2, 0.25) is 0 Å². The van der Waals surface area contributed by atoms with Gasteiger partial charge in [-0.25, -0.2) is 0 Å². The van der Waals surface area contributed by atoms with E-state index in [0.29, 0.717) is 19.3 Å². The zero-order valence-electron chi connectivity index (χ0n) is 17.0. The van der Waals surface area contributed by atoms with E-state index in [-0.39, 0.29) is 23.5 Å². The number of Topliss-reactive ketones (excluding diaryl/α,β-unsaturated/α-hetero) is 1. The normalized spacial score (nSPS) is 21.5. The van der Waals surface area contributed by atoms with Crippen LogP contribution in [0.5, 0.6) is 11.5 Å². The smallest absolute Gasteiger partial charge is 0.225 e. The zero-order chi connectivity index (χ0) is 20.5. The lowest BCUT2D eigenvalue weighted by Crippen LogP contribution is -2.38. The van der Waals surface area contributed by atoms with Gasteiger partial charge in [-0.2, -0.15) is 0 Å². The highest BCUT2D eigenvalue weighted by molar-refractivity contribution is 6.02. The van der Waals surface area contributed by atoms with E-state index in [1.54, 1.807) is 14.2 Å². The lowest BCUT2D eigenvalue weighted by molar-refractivity contribution is -0.122. The Kier molecular flexibility index (Phi) is 5.14. The molecule has 150 valence electrons. The maximum Gasteiger partial charge on any atom is 0.225 e. The minimum atomic E-state index is -0.181. The summed E-state index contributed by atoms with van der Waals surface area (Å²) in [5.74, 6) is 1.25. The van der Waals surface area contributed by atoms with Crippen molar-refractivity contribution in [2.75, 3.05) is 14.2 Å². The zero-order valence-corrected chi connectivity index (χ0v) is 17.0. The van der Waals surface area contributed by atoms with Crippen LogP contribution in [0.25, 0.3) is 0 Å². The number of amides is 1. The Hall–Kier alpha value is -3.08. The van der Waals surface area contributed by atoms with Crippen LogP contribution in [0.1, 0.15) is 47.8 Å². The predicted molar refractivity (Wildman–Crippen MR) is 110 cm³/mol. The van der Waals surface area contributed by atoms with Gasteiger partial charge >= 0.3 is 0 Å². The third-order valence-electron chi connectivity index (χ3n) is 5.89. The number of carbonyl (C=O) groups excluding carboxylic acids is 2. The van der Waals surface area contributed by atoms with Crippen molar-refractivity contribution in [1.82, 2.24) is 5.32 Å². The Bertz CT molecular complexity index is 990. The van der Waals surface area contributed by atoms with Crippen LogP contribution in [0.4, 0.5) is 0 Å². The summed E-state index contributed by atoms with van der Waals surface area (Å²) in [5, 5.41) is 2.97. The first-order valence-corrected chi connectivity index (χ1v) is 9.84. The topological polar surface area (TPSA) is 64.6 Å². The molecule has 0 bridgehead atoms. The van der Waals surface area contributed by atoms with Crippen LogP contribution in [0.15, 0.2) is 53.7 Å². The summed E-state index contributed by atoms with van der Waals surface area (Å²) in [6, 6.07) is 13.7. The van der Waals surface area contributed by atoms with E-state index in [4.69, 9.17) is 9.47 Å². The molecule has 2 atom stereocenters. The van der Waals surface area contributed by atoms with Gasteiger partial charge in [0.2, 0.25) is 5.91 Å². The van der Waals surface area contributed by atoms with Gasteiger partial charge in [-0.05, 0) is 37.1 Å². The highest BCUT2D eigenvalue weighted by atomic mass is 16.5. The molecule has 2 aromatic carbocycles. The predicted octanol–water partition coefficient (Wildman–Crippen LogP) is 4.02. The number of rotatable bonds is 4. The van der Waals surface area contributed by atoms with Gasteiger partial charge < -0.3 is 14.8 Å². The molecular formula is C24H25NO4. The van der Waals surface area contributed by atoms with Crippen LogP contribution in [0, 0.1) is 6.92 Å². The highest BCUT2D eigenvalue weighted by Gasteiger charge is 2.38. The summed E-state index contributed by atoms with van der Waals surface area (Å²) in [7, 11) is 3.24. The maximum atomic E-state index is 13.2. The van der Waals surface area contributed by atoms with Crippen molar-refractivity contribution < 1.29 is 19.1 Å². The van der Waals surface area contributed by atoms with Gasteiger partial charge in [-0.3, -0.25) is 9.59 Å². The van der Waals surface area contributed by atoms with Crippen LogP contribution in [-0.2, 0) is 9.59 Å². The van der Waals surface area contributed by atoms with E-state index in [1.165, 1.54) is 0 Å². The molecule has 0 aromatic heterocycles. The summed E-state index contributed by atoms with van der Waals surface area (Å²) in [6.07, 6.45) is 1.29. The Morgan fingerprint density at radius 3 is 2.38 bits per heavy atom. The second kappa shape index (κ2) is 7.74. The Labute approximate surface area is 170 Å². The van der Waals surface area contributed by atoms with Crippen LogP contribution >= 0.6 is 0 Å². The average Bonchev–Trinajstić information content (AvgIpc) is 2.72. The van der Waals surface area contributed by atoms with E-state index in [1.807, 2.05) is 49.4 Å². The molecule has 0 fully saturated rings. The molecule has 1 aliphatic heterocycles. The van der Waals surface area contributed by atoms with Crippen LogP contribution < -0.4 is 14.8 Å². The maximum absolute atomic E-state index is 13.2. The molecule has 29 heavy (non-hydrogen) atoms. The fraction of sp³-hybridized carbons (Fsp3) is 0.333. The Morgan fingerprint density at radius 1 is 0.931 bits per heavy atom. The fourth-order valence-electron chi connectivity index (χ4n) is 4.42. The largest absolute Gasteiger partial charge is 0.497 e. The van der Waals surface area contributed by atoms with Gasteiger partial charge in [0.25, 0.3) is 0 Å². The summed E-state index contributed by atoms with van der Waals surface area (Å²) in [4.78, 5) is 25.7. The summed E-state index contributed by atoms with van der Waals surface area (Å²) >= 11 is 0. The number of nitrogens with one attached hydrogen (secondary N) is 1. The second-order valence-corrected chi connectivity index (χ2v) is 7.74. The molecule has 4 rings (SSSR count). The molecular weight excluding hydrogens is 366 g/mol. The fourth-order valence-corrected chi connectivity index (χ4v) is 4.42. The first-order chi connectivity index (χ1) is 14.0. The molecule has 0 spiro atoms. The van der Waals surface area contributed by atoms with Gasteiger partial charge in [0.05, 0.1) is 14.2 Å². The van der Waals surface area contributed by atoms with Gasteiger partial charge in [0.1, 0.15) is 11.5 Å². The number of aryl methyl sites for hydroxylation is 1. The summed E-state index contributed by atoms with van der Waals surface area (Å²) in [5.41, 5.74) is 4.61. The molecule has 1 amide bonds. The average molecular weight is 391 g/mol. The molecule has 0 saturated carbocycles. The van der Waals surface area contributed by atoms with Crippen molar-refractivity contribution in [1.29, 1.82) is 0 Å². The van der Waals surface area contributed by atoms with Gasteiger partial charge in [-0.1, -0.05) is 29.8 Å². The molecule has 0 saturated heterocycles. The number of methoxy groups -OCH3 is 2. The Balaban J connectivity index is 1.72. The van der Waals surface area contributed by atoms with Crippen molar-refractivity contribution in [3.63, 3.8) is 0 Å². The number of ketones is 1. The number of ether oxygens (including phenoxy) is 2. The second-order valence-electron chi connectivity index (χ2n) is 7.74. The van der Waals surface area contributed by atoms with Crippen LogP contribution in [-0.4, -0.2) is 25.9 Å². The quantitative estimate of drug-likeness (QED) is 0.855. The SMILES string of the molecule is COc1ccc(OC)c([C@H]2CC(=O)C3=C(C2)NC(=O)C[C@@H]3c2ccc(C)cc2)c1. The first kappa shape index (κ1) is 19.2. The van der Waals surface area contributed by atoms with Gasteiger partial charge in [-0.15, -0.1) is 0 Å². The lowest BCUT2D eigenvalue weighted by atomic mass is 9.73. The number of benzene rings is 2. The number of allylic oxidation sites excluding steroid dienone is 2. The molecule has 1 aliphatic carbocycles. The minimum absolute atomic E-state index is 0.0413. The molecule has 2 aliphatic rings. The number of hydrogen-bond donors (Lipinski definition) is 1. The molecule has 5 heteroatoms. The van der Waals surface area contributed by atoms with Crippen molar-refractivity contribution >= 4 is 11.7 Å². The van der Waals surface area contributed by atoms with Crippen LogP contribution in [0.3, 0.4) is 0 Å². The van der Waals surface area contributed by atoms with Crippen molar-refractivity contribution in [3.8, 4) is 11.5 Å². The van der Waals surface area contributed by atoms with E-state index in [2.05, 4.69) is 5.32 Å². The van der Waals surface area contributed by atoms with E-state index >= 15 is 0 Å². The summed E-state index contributed by atoms with van der Waals surface area (Å²) in [6.45, 7) is 2.03. The molecule has 0 radical (unpaired) electrons. The first-order valence-electron chi connectivity index (χ1n) is 9.84. The summed E-state index contributed by atoms with van der Waals surface area (Å²) < 4.78 is 10.9. The van der Waals surface area contributed by atoms with E-state index < -0.39 is 0 Å². The minimum Gasteiger partial charge on any atom is -0.497 e. The highest BCUT2D eigenvalue weighted by Crippen LogP contribution is 2.45. The number of hydrogen-bond acceptors (Lipinski definition) is 4. The molecule has 2 aromatic rings. The van der Waals surface area contributed by atoms with E-state index in [9.17, 15) is 9.59 Å². The van der Waals surface area contributed by atoms with Gasteiger partial charge in [0, 0.05) is 41.5 Å². The van der Waals surface area contributed by atoms with Crippen molar-refractivity contribution in [2.45, 2.75) is 38.0 Å². The third kappa shape index (κ3) is 3.65. The van der Waals surface area contributed by atoms with Crippen molar-refractivity contribution in [3.05, 3.63) is 70.4 Å². The lowest BCUT2D eigenvalue weighted by Gasteiger charge is -2.35.